The number of pyridine rings is 1. The molecule has 13 heavy (non-hydrogen) atoms. The first-order valence-corrected chi connectivity index (χ1v) is 3.94. The summed E-state index contributed by atoms with van der Waals surface area (Å²) in [6, 6.07) is 3.80. The molecular formula is C9H9N3O. The third kappa shape index (κ3) is 1.51. The molecule has 0 saturated heterocycles. The van der Waals surface area contributed by atoms with Crippen molar-refractivity contribution in [2.45, 2.75) is 6.54 Å². The highest BCUT2D eigenvalue weighted by Gasteiger charge is 2.00. The lowest BCUT2D eigenvalue weighted by molar-refractivity contribution is -0.118. The van der Waals surface area contributed by atoms with E-state index in [4.69, 9.17) is 5.73 Å². The van der Waals surface area contributed by atoms with Gasteiger partial charge in [0, 0.05) is 24.0 Å². The molecule has 0 aliphatic heterocycles. The lowest BCUT2D eigenvalue weighted by atomic mass is 10.3. The van der Waals surface area contributed by atoms with E-state index in [-0.39, 0.29) is 12.5 Å². The van der Waals surface area contributed by atoms with Gasteiger partial charge in [-0.05, 0) is 12.1 Å². The van der Waals surface area contributed by atoms with Gasteiger partial charge in [-0.15, -0.1) is 0 Å². The quantitative estimate of drug-likeness (QED) is 0.723. The number of hydrogen-bond acceptors (Lipinski definition) is 2. The van der Waals surface area contributed by atoms with Gasteiger partial charge in [0.05, 0.1) is 5.52 Å². The van der Waals surface area contributed by atoms with Gasteiger partial charge in [0.25, 0.3) is 0 Å². The van der Waals surface area contributed by atoms with E-state index in [1.165, 1.54) is 0 Å². The van der Waals surface area contributed by atoms with Gasteiger partial charge in [-0.3, -0.25) is 9.78 Å². The highest BCUT2D eigenvalue weighted by Crippen LogP contribution is 2.10. The Hall–Kier alpha value is -1.84. The van der Waals surface area contributed by atoms with Crippen molar-refractivity contribution >= 4 is 16.8 Å². The fraction of sp³-hybridized carbons (Fsp3) is 0.111. The maximum absolute atomic E-state index is 10.6. The molecule has 0 fully saturated rings. The second-order valence-corrected chi connectivity index (χ2v) is 2.87. The minimum absolute atomic E-state index is 0.205. The van der Waals surface area contributed by atoms with Crippen LogP contribution in [0.15, 0.2) is 30.7 Å². The van der Waals surface area contributed by atoms with Crippen molar-refractivity contribution in [3.63, 3.8) is 0 Å². The van der Waals surface area contributed by atoms with E-state index < -0.39 is 0 Å². The summed E-state index contributed by atoms with van der Waals surface area (Å²) >= 11 is 0. The number of amides is 1. The summed E-state index contributed by atoms with van der Waals surface area (Å²) in [5, 5.41) is 1.02. The molecule has 0 unspecified atom stereocenters. The number of hydrogen-bond donors (Lipinski definition) is 1. The van der Waals surface area contributed by atoms with Crippen LogP contribution in [0.1, 0.15) is 0 Å². The number of nitrogens with two attached hydrogens (primary N) is 1. The molecule has 2 heterocycles. The Morgan fingerprint density at radius 3 is 3.08 bits per heavy atom. The monoisotopic (exact) mass is 175 g/mol. The van der Waals surface area contributed by atoms with Gasteiger partial charge in [0.2, 0.25) is 5.91 Å². The Bertz CT molecular complexity index is 414. The average molecular weight is 175 g/mol. The van der Waals surface area contributed by atoms with Crippen LogP contribution in [0.2, 0.25) is 0 Å². The average Bonchev–Trinajstić information content (AvgIpc) is 2.44. The van der Waals surface area contributed by atoms with E-state index in [2.05, 4.69) is 4.98 Å². The number of carbonyl (C=O) groups excluding carboxylic acids is 1. The van der Waals surface area contributed by atoms with Crippen LogP contribution in [0.4, 0.5) is 0 Å². The van der Waals surface area contributed by atoms with Crippen molar-refractivity contribution in [3.05, 3.63) is 30.7 Å². The van der Waals surface area contributed by atoms with Crippen LogP contribution in [0, 0.1) is 0 Å². The summed E-state index contributed by atoms with van der Waals surface area (Å²) in [5.74, 6) is -0.347. The Kier molecular flexibility index (Phi) is 1.73. The SMILES string of the molecule is NC(=O)Cn1cc2cccnc2c1. The Morgan fingerprint density at radius 1 is 1.54 bits per heavy atom. The summed E-state index contributed by atoms with van der Waals surface area (Å²) in [5.41, 5.74) is 5.94. The molecule has 2 N–H and O–H groups in total. The van der Waals surface area contributed by atoms with Crippen LogP contribution in [-0.2, 0) is 11.3 Å². The predicted molar refractivity (Wildman–Crippen MR) is 48.9 cm³/mol. The largest absolute Gasteiger partial charge is 0.368 e. The fourth-order valence-corrected chi connectivity index (χ4v) is 1.29. The Balaban J connectivity index is 2.44. The smallest absolute Gasteiger partial charge is 0.237 e. The lowest BCUT2D eigenvalue weighted by Crippen LogP contribution is -2.17. The molecule has 0 spiro atoms. The van der Waals surface area contributed by atoms with Gasteiger partial charge >= 0.3 is 0 Å². The minimum Gasteiger partial charge on any atom is -0.368 e. The number of nitrogens with zero attached hydrogens (tertiary/aromatic N) is 2. The molecule has 0 atom stereocenters. The molecule has 0 radical (unpaired) electrons. The molecule has 4 nitrogen and oxygen atoms in total. The van der Waals surface area contributed by atoms with Crippen LogP contribution in [0.5, 0.6) is 0 Å². The van der Waals surface area contributed by atoms with Crippen LogP contribution >= 0.6 is 0 Å². The van der Waals surface area contributed by atoms with Crippen LogP contribution in [-0.4, -0.2) is 15.5 Å². The second-order valence-electron chi connectivity index (χ2n) is 2.87. The third-order valence-electron chi connectivity index (χ3n) is 1.80. The summed E-state index contributed by atoms with van der Waals surface area (Å²) in [7, 11) is 0. The van der Waals surface area contributed by atoms with E-state index in [0.29, 0.717) is 0 Å². The second kappa shape index (κ2) is 2.90. The fourth-order valence-electron chi connectivity index (χ4n) is 1.29. The van der Waals surface area contributed by atoms with E-state index in [1.54, 1.807) is 17.0 Å². The number of rotatable bonds is 2. The zero-order chi connectivity index (χ0) is 9.26. The van der Waals surface area contributed by atoms with Crippen LogP contribution in [0.25, 0.3) is 10.9 Å². The minimum atomic E-state index is -0.347. The molecule has 66 valence electrons. The number of aromatic nitrogens is 2. The summed E-state index contributed by atoms with van der Waals surface area (Å²) in [6.07, 6.45) is 5.38. The highest BCUT2D eigenvalue weighted by molar-refractivity contribution is 5.79. The first-order valence-electron chi connectivity index (χ1n) is 3.94. The van der Waals surface area contributed by atoms with Crippen molar-refractivity contribution in [1.29, 1.82) is 0 Å². The van der Waals surface area contributed by atoms with Gasteiger partial charge in [0.1, 0.15) is 6.54 Å². The maximum Gasteiger partial charge on any atom is 0.237 e. The van der Waals surface area contributed by atoms with Gasteiger partial charge < -0.3 is 10.3 Å². The number of primary amides is 1. The molecule has 0 bridgehead atoms. The summed E-state index contributed by atoms with van der Waals surface area (Å²) < 4.78 is 1.74. The summed E-state index contributed by atoms with van der Waals surface area (Å²) in [4.78, 5) is 14.8. The van der Waals surface area contributed by atoms with E-state index in [9.17, 15) is 4.79 Å². The topological polar surface area (TPSA) is 60.9 Å². The van der Waals surface area contributed by atoms with Gasteiger partial charge in [-0.2, -0.15) is 0 Å². The Morgan fingerprint density at radius 2 is 2.38 bits per heavy atom. The normalized spacial score (nSPS) is 10.5. The number of carbonyl (C=O) groups is 1. The molecule has 0 saturated carbocycles. The predicted octanol–water partition coefficient (Wildman–Crippen LogP) is 0.522. The zero-order valence-electron chi connectivity index (χ0n) is 6.97. The third-order valence-corrected chi connectivity index (χ3v) is 1.80. The van der Waals surface area contributed by atoms with Crippen molar-refractivity contribution in [3.8, 4) is 0 Å². The highest BCUT2D eigenvalue weighted by atomic mass is 16.1. The first-order chi connectivity index (χ1) is 6.25. The molecule has 4 heteroatoms. The van der Waals surface area contributed by atoms with Crippen molar-refractivity contribution in [2.24, 2.45) is 5.73 Å². The molecule has 0 aliphatic rings. The molecule has 2 aromatic heterocycles. The zero-order valence-corrected chi connectivity index (χ0v) is 6.97. The van der Waals surface area contributed by atoms with Crippen molar-refractivity contribution in [1.82, 2.24) is 9.55 Å². The standard InChI is InChI=1S/C9H9N3O/c10-9(13)6-12-4-7-2-1-3-11-8(7)5-12/h1-5H,6H2,(H2,10,13). The van der Waals surface area contributed by atoms with E-state index >= 15 is 0 Å². The van der Waals surface area contributed by atoms with E-state index in [1.807, 2.05) is 18.3 Å². The van der Waals surface area contributed by atoms with Crippen LogP contribution in [0.3, 0.4) is 0 Å². The molecular weight excluding hydrogens is 166 g/mol. The molecule has 1 amide bonds. The molecule has 2 aromatic rings. The first kappa shape index (κ1) is 7.79. The van der Waals surface area contributed by atoms with E-state index in [0.717, 1.165) is 10.9 Å². The van der Waals surface area contributed by atoms with Crippen LogP contribution < -0.4 is 5.73 Å². The molecule has 0 aliphatic carbocycles. The lowest BCUT2D eigenvalue weighted by Gasteiger charge is -1.94. The Labute approximate surface area is 75.0 Å². The van der Waals surface area contributed by atoms with Gasteiger partial charge in [-0.25, -0.2) is 0 Å². The molecule has 0 aromatic carbocycles. The van der Waals surface area contributed by atoms with Crippen molar-refractivity contribution in [2.75, 3.05) is 0 Å². The maximum atomic E-state index is 10.6. The number of fused-ring (bicyclic) bond motifs is 1. The summed E-state index contributed by atoms with van der Waals surface area (Å²) in [6.45, 7) is 0.205. The van der Waals surface area contributed by atoms with Crippen molar-refractivity contribution < 1.29 is 4.79 Å². The van der Waals surface area contributed by atoms with Gasteiger partial charge in [-0.1, -0.05) is 0 Å². The van der Waals surface area contributed by atoms with Gasteiger partial charge in [0.15, 0.2) is 0 Å². The molecule has 2 rings (SSSR count).